The van der Waals surface area contributed by atoms with Gasteiger partial charge in [-0.25, -0.2) is 0 Å². The second kappa shape index (κ2) is 6.83. The number of nitrogens with two attached hydrogens (primary N) is 1. The molecule has 0 aliphatic carbocycles. The molecule has 1 saturated heterocycles. The largest absolute Gasteiger partial charge is 0.398 e. The van der Waals surface area contributed by atoms with E-state index >= 15 is 0 Å². The molecule has 0 saturated carbocycles. The van der Waals surface area contributed by atoms with Gasteiger partial charge in [-0.05, 0) is 24.7 Å². The van der Waals surface area contributed by atoms with E-state index in [-0.39, 0.29) is 6.10 Å². The fraction of sp³-hybridized carbons (Fsp3) is 0.538. The van der Waals surface area contributed by atoms with Crippen molar-refractivity contribution < 1.29 is 8.95 Å². The first kappa shape index (κ1) is 15.0. The van der Waals surface area contributed by atoms with Crippen LogP contribution in [-0.2, 0) is 15.5 Å². The highest BCUT2D eigenvalue weighted by Gasteiger charge is 2.22. The summed E-state index contributed by atoms with van der Waals surface area (Å²) in [4.78, 5) is 3.01. The van der Waals surface area contributed by atoms with Crippen LogP contribution >= 0.6 is 15.9 Å². The predicted octanol–water partition coefficient (Wildman–Crippen LogP) is 1.86. The Labute approximate surface area is 124 Å². The summed E-state index contributed by atoms with van der Waals surface area (Å²) in [5.41, 5.74) is 6.47. The summed E-state index contributed by atoms with van der Waals surface area (Å²) >= 11 is 3.35. The molecule has 0 bridgehead atoms. The lowest BCUT2D eigenvalue weighted by molar-refractivity contribution is -0.0141. The van der Waals surface area contributed by atoms with Gasteiger partial charge in [-0.15, -0.1) is 0 Å². The molecule has 0 spiro atoms. The third kappa shape index (κ3) is 4.02. The standard InChI is InChI=1S/C13H19BrN2O2S/c1-2-16-5-6-18-11(8-16)9-19(17)13-4-3-10(14)7-12(13)15/h3-4,7,11H,2,5-6,8-9,15H2,1H3. The van der Waals surface area contributed by atoms with Gasteiger partial charge in [-0.2, -0.15) is 0 Å². The molecule has 1 aliphatic rings. The van der Waals surface area contributed by atoms with Crippen molar-refractivity contribution >= 4 is 32.4 Å². The van der Waals surface area contributed by atoms with Crippen LogP contribution in [0, 0.1) is 0 Å². The number of likely N-dealkylation sites (N-methyl/N-ethyl adjacent to an activating group) is 1. The van der Waals surface area contributed by atoms with Crippen molar-refractivity contribution in [3.63, 3.8) is 0 Å². The molecule has 4 nitrogen and oxygen atoms in total. The Morgan fingerprint density at radius 2 is 2.37 bits per heavy atom. The molecule has 0 radical (unpaired) electrons. The summed E-state index contributed by atoms with van der Waals surface area (Å²) in [6.07, 6.45) is 0.0255. The molecular weight excluding hydrogens is 328 g/mol. The Kier molecular flexibility index (Phi) is 5.38. The molecule has 1 heterocycles. The highest BCUT2D eigenvalue weighted by atomic mass is 79.9. The van der Waals surface area contributed by atoms with Crippen molar-refractivity contribution in [2.45, 2.75) is 17.9 Å². The fourth-order valence-corrected chi connectivity index (χ4v) is 3.79. The third-order valence-electron chi connectivity index (χ3n) is 3.22. The van der Waals surface area contributed by atoms with Gasteiger partial charge < -0.3 is 10.5 Å². The van der Waals surface area contributed by atoms with Gasteiger partial charge in [0.25, 0.3) is 0 Å². The first-order chi connectivity index (χ1) is 9.10. The topological polar surface area (TPSA) is 55.6 Å². The molecule has 6 heteroatoms. The molecule has 2 N–H and O–H groups in total. The number of hydrogen-bond donors (Lipinski definition) is 1. The van der Waals surface area contributed by atoms with Gasteiger partial charge in [0.15, 0.2) is 0 Å². The Hall–Kier alpha value is -0.430. The van der Waals surface area contributed by atoms with Gasteiger partial charge in [-0.3, -0.25) is 9.11 Å². The minimum absolute atomic E-state index is 0.0255. The quantitative estimate of drug-likeness (QED) is 0.845. The Morgan fingerprint density at radius 3 is 3.05 bits per heavy atom. The van der Waals surface area contributed by atoms with Gasteiger partial charge in [0, 0.05) is 23.2 Å². The molecule has 1 aliphatic heterocycles. The molecule has 1 fully saturated rings. The van der Waals surface area contributed by atoms with E-state index in [9.17, 15) is 4.21 Å². The van der Waals surface area contributed by atoms with Crippen LogP contribution in [0.3, 0.4) is 0 Å². The van der Waals surface area contributed by atoms with Crippen molar-refractivity contribution in [2.75, 3.05) is 37.7 Å². The van der Waals surface area contributed by atoms with Gasteiger partial charge in [0.1, 0.15) is 0 Å². The van der Waals surface area contributed by atoms with Crippen LogP contribution in [0.15, 0.2) is 27.6 Å². The zero-order chi connectivity index (χ0) is 13.8. The van der Waals surface area contributed by atoms with Gasteiger partial charge in [-0.1, -0.05) is 22.9 Å². The first-order valence-electron chi connectivity index (χ1n) is 6.37. The van der Waals surface area contributed by atoms with Gasteiger partial charge in [0.2, 0.25) is 0 Å². The van der Waals surface area contributed by atoms with Gasteiger partial charge in [0.05, 0.1) is 34.2 Å². The number of nitrogen functional groups attached to an aromatic ring is 1. The van der Waals surface area contributed by atoms with Crippen molar-refractivity contribution in [3.05, 3.63) is 22.7 Å². The lowest BCUT2D eigenvalue weighted by Crippen LogP contribution is -2.44. The molecule has 106 valence electrons. The number of morpholine rings is 1. The molecule has 0 amide bonds. The molecule has 2 unspecified atom stereocenters. The number of ether oxygens (including phenoxy) is 1. The number of nitrogens with zero attached hydrogens (tertiary/aromatic N) is 1. The lowest BCUT2D eigenvalue weighted by Gasteiger charge is -2.31. The Bertz CT molecular complexity index is 470. The van der Waals surface area contributed by atoms with E-state index in [1.54, 1.807) is 6.07 Å². The van der Waals surface area contributed by atoms with Crippen molar-refractivity contribution in [1.29, 1.82) is 0 Å². The molecule has 2 rings (SSSR count). The number of rotatable bonds is 4. The number of benzene rings is 1. The molecule has 19 heavy (non-hydrogen) atoms. The normalized spacial score (nSPS) is 22.3. The average molecular weight is 347 g/mol. The summed E-state index contributed by atoms with van der Waals surface area (Å²) in [7, 11) is -1.12. The maximum absolute atomic E-state index is 12.4. The van der Waals surface area contributed by atoms with Crippen LogP contribution in [0.2, 0.25) is 0 Å². The maximum Gasteiger partial charge on any atom is 0.0821 e. The van der Waals surface area contributed by atoms with E-state index in [0.717, 1.165) is 24.1 Å². The molecule has 1 aromatic rings. The molecular formula is C13H19BrN2O2S. The minimum Gasteiger partial charge on any atom is -0.398 e. The zero-order valence-electron chi connectivity index (χ0n) is 11.0. The second-order valence-electron chi connectivity index (χ2n) is 4.58. The van der Waals surface area contributed by atoms with Crippen LogP contribution in [0.1, 0.15) is 6.92 Å². The first-order valence-corrected chi connectivity index (χ1v) is 8.48. The SMILES string of the molecule is CCN1CCOC(CS(=O)c2ccc(Br)cc2N)C1. The summed E-state index contributed by atoms with van der Waals surface area (Å²) < 4.78 is 18.9. The van der Waals surface area contributed by atoms with Crippen LogP contribution in [0.4, 0.5) is 5.69 Å². The third-order valence-corrected chi connectivity index (χ3v) is 5.25. The van der Waals surface area contributed by atoms with Crippen molar-refractivity contribution in [2.24, 2.45) is 0 Å². The molecule has 2 atom stereocenters. The highest BCUT2D eigenvalue weighted by molar-refractivity contribution is 9.10. The molecule has 0 aromatic heterocycles. The summed E-state index contributed by atoms with van der Waals surface area (Å²) in [5.74, 6) is 0.502. The summed E-state index contributed by atoms with van der Waals surface area (Å²) in [6, 6.07) is 5.47. The van der Waals surface area contributed by atoms with E-state index in [2.05, 4.69) is 27.8 Å². The summed E-state index contributed by atoms with van der Waals surface area (Å²) in [6.45, 7) is 5.66. The number of hydrogen-bond acceptors (Lipinski definition) is 4. The summed E-state index contributed by atoms with van der Waals surface area (Å²) in [5, 5.41) is 0. The Balaban J connectivity index is 2.00. The number of anilines is 1. The van der Waals surface area contributed by atoms with Gasteiger partial charge >= 0.3 is 0 Å². The van der Waals surface area contributed by atoms with E-state index in [1.165, 1.54) is 0 Å². The van der Waals surface area contributed by atoms with E-state index in [4.69, 9.17) is 10.5 Å². The van der Waals surface area contributed by atoms with Crippen molar-refractivity contribution in [3.8, 4) is 0 Å². The predicted molar refractivity (Wildman–Crippen MR) is 81.7 cm³/mol. The van der Waals surface area contributed by atoms with Crippen LogP contribution < -0.4 is 5.73 Å². The zero-order valence-corrected chi connectivity index (χ0v) is 13.4. The van der Waals surface area contributed by atoms with E-state index in [1.807, 2.05) is 12.1 Å². The van der Waals surface area contributed by atoms with Crippen molar-refractivity contribution in [1.82, 2.24) is 4.90 Å². The lowest BCUT2D eigenvalue weighted by atomic mass is 10.3. The van der Waals surface area contributed by atoms with E-state index in [0.29, 0.717) is 22.9 Å². The van der Waals surface area contributed by atoms with E-state index < -0.39 is 10.8 Å². The molecule has 1 aromatic carbocycles. The second-order valence-corrected chi connectivity index (χ2v) is 6.96. The average Bonchev–Trinajstić information content (AvgIpc) is 2.38. The minimum atomic E-state index is -1.12. The smallest absolute Gasteiger partial charge is 0.0821 e. The maximum atomic E-state index is 12.4. The highest BCUT2D eigenvalue weighted by Crippen LogP contribution is 2.22. The van der Waals surface area contributed by atoms with Crippen LogP contribution in [-0.4, -0.2) is 47.2 Å². The van der Waals surface area contributed by atoms with Crippen LogP contribution in [0.5, 0.6) is 0 Å². The van der Waals surface area contributed by atoms with Crippen LogP contribution in [0.25, 0.3) is 0 Å². The number of halogens is 1. The monoisotopic (exact) mass is 346 g/mol. The Morgan fingerprint density at radius 1 is 1.58 bits per heavy atom. The fourth-order valence-electron chi connectivity index (χ4n) is 2.15.